The number of ether oxygens (including phenoxy) is 2. The van der Waals surface area contributed by atoms with Gasteiger partial charge in [-0.2, -0.15) is 0 Å². The Morgan fingerprint density at radius 3 is 2.35 bits per heavy atom. The molecule has 138 valence electrons. The van der Waals surface area contributed by atoms with Gasteiger partial charge >= 0.3 is 5.97 Å². The van der Waals surface area contributed by atoms with Gasteiger partial charge in [0.2, 0.25) is 6.04 Å². The predicted molar refractivity (Wildman–Crippen MR) is 98.0 cm³/mol. The van der Waals surface area contributed by atoms with E-state index in [4.69, 9.17) is 9.47 Å². The van der Waals surface area contributed by atoms with E-state index in [1.165, 1.54) is 0 Å². The van der Waals surface area contributed by atoms with E-state index in [2.05, 4.69) is 5.32 Å². The molecule has 0 aliphatic carbocycles. The number of nitro groups is 1. The maximum Gasteiger partial charge on any atom is 0.335 e. The van der Waals surface area contributed by atoms with Crippen molar-refractivity contribution < 1.29 is 19.2 Å². The van der Waals surface area contributed by atoms with Crippen molar-refractivity contribution in [1.82, 2.24) is 0 Å². The number of carbonyl (C=O) groups is 1. The Morgan fingerprint density at radius 1 is 1.15 bits per heavy atom. The van der Waals surface area contributed by atoms with Crippen LogP contribution in [0.15, 0.2) is 54.6 Å². The third kappa shape index (κ3) is 5.20. The molecule has 0 aliphatic heterocycles. The molecule has 2 aromatic rings. The number of anilines is 1. The highest BCUT2D eigenvalue weighted by atomic mass is 16.6. The minimum atomic E-state index is -1.17. The quantitative estimate of drug-likeness (QED) is 0.421. The van der Waals surface area contributed by atoms with Gasteiger partial charge in [0.05, 0.1) is 13.7 Å². The van der Waals surface area contributed by atoms with E-state index in [-0.39, 0.29) is 13.0 Å². The molecule has 0 bridgehead atoms. The zero-order valence-corrected chi connectivity index (χ0v) is 14.8. The second-order valence-electron chi connectivity index (χ2n) is 5.64. The van der Waals surface area contributed by atoms with Gasteiger partial charge in [-0.05, 0) is 36.8 Å². The lowest BCUT2D eigenvalue weighted by Gasteiger charge is -2.22. The lowest BCUT2D eigenvalue weighted by atomic mass is 9.99. The second-order valence-corrected chi connectivity index (χ2v) is 5.64. The van der Waals surface area contributed by atoms with Gasteiger partial charge < -0.3 is 14.8 Å². The Morgan fingerprint density at radius 2 is 1.81 bits per heavy atom. The summed E-state index contributed by atoms with van der Waals surface area (Å²) in [4.78, 5) is 23.6. The molecule has 7 nitrogen and oxygen atoms in total. The smallest absolute Gasteiger partial charge is 0.335 e. The summed E-state index contributed by atoms with van der Waals surface area (Å²) < 4.78 is 10.2. The first-order valence-corrected chi connectivity index (χ1v) is 8.29. The van der Waals surface area contributed by atoms with Gasteiger partial charge in [0.25, 0.3) is 0 Å². The molecular weight excluding hydrogens is 336 g/mol. The summed E-state index contributed by atoms with van der Waals surface area (Å²) in [7, 11) is 1.55. The molecular formula is C19H22N2O5. The van der Waals surface area contributed by atoms with E-state index in [1.807, 2.05) is 18.2 Å². The number of rotatable bonds is 9. The summed E-state index contributed by atoms with van der Waals surface area (Å²) >= 11 is 0. The van der Waals surface area contributed by atoms with Crippen molar-refractivity contribution in [2.24, 2.45) is 0 Å². The second kappa shape index (κ2) is 9.41. The minimum Gasteiger partial charge on any atom is -0.497 e. The molecule has 2 atom stereocenters. The normalized spacial score (nSPS) is 12.7. The topological polar surface area (TPSA) is 90.7 Å². The first-order valence-electron chi connectivity index (χ1n) is 8.29. The first-order chi connectivity index (χ1) is 12.5. The molecule has 0 aliphatic rings. The van der Waals surface area contributed by atoms with Crippen molar-refractivity contribution in [3.05, 3.63) is 70.3 Å². The SMILES string of the molecule is CCOC(=O)[C@H](Nc1ccc(OC)cc1)[C@H](Cc1ccccc1)[N+](=O)[O-]. The largest absolute Gasteiger partial charge is 0.497 e. The predicted octanol–water partition coefficient (Wildman–Crippen LogP) is 2.93. The van der Waals surface area contributed by atoms with Crippen LogP contribution in [0.5, 0.6) is 5.75 Å². The van der Waals surface area contributed by atoms with E-state index in [9.17, 15) is 14.9 Å². The Bertz CT molecular complexity index is 718. The van der Waals surface area contributed by atoms with E-state index >= 15 is 0 Å². The molecule has 0 spiro atoms. The Labute approximate surface area is 152 Å². The van der Waals surface area contributed by atoms with Gasteiger partial charge in [-0.25, -0.2) is 4.79 Å². The lowest BCUT2D eigenvalue weighted by Crippen LogP contribution is -2.47. The van der Waals surface area contributed by atoms with Crippen molar-refractivity contribution in [2.45, 2.75) is 25.4 Å². The Kier molecular flexibility index (Phi) is 6.96. The summed E-state index contributed by atoms with van der Waals surface area (Å²) in [6.45, 7) is 1.82. The van der Waals surface area contributed by atoms with Crippen LogP contribution in [0.4, 0.5) is 5.69 Å². The van der Waals surface area contributed by atoms with Crippen LogP contribution in [0, 0.1) is 10.1 Å². The van der Waals surface area contributed by atoms with E-state index < -0.39 is 23.0 Å². The van der Waals surface area contributed by atoms with E-state index in [1.54, 1.807) is 50.4 Å². The monoisotopic (exact) mass is 358 g/mol. The number of carbonyl (C=O) groups excluding carboxylic acids is 1. The van der Waals surface area contributed by atoms with Gasteiger partial charge in [-0.15, -0.1) is 0 Å². The van der Waals surface area contributed by atoms with Crippen molar-refractivity contribution in [2.75, 3.05) is 19.0 Å². The molecule has 0 saturated carbocycles. The summed E-state index contributed by atoms with van der Waals surface area (Å²) in [5, 5.41) is 14.6. The number of nitrogens with one attached hydrogen (secondary N) is 1. The Balaban J connectivity index is 2.26. The van der Waals surface area contributed by atoms with Gasteiger partial charge in [-0.3, -0.25) is 10.1 Å². The van der Waals surface area contributed by atoms with Crippen molar-refractivity contribution in [3.63, 3.8) is 0 Å². The fraction of sp³-hybridized carbons (Fsp3) is 0.316. The highest BCUT2D eigenvalue weighted by Gasteiger charge is 2.38. The average molecular weight is 358 g/mol. The number of hydrogen-bond acceptors (Lipinski definition) is 6. The number of hydrogen-bond donors (Lipinski definition) is 1. The van der Waals surface area contributed by atoms with Crippen LogP contribution >= 0.6 is 0 Å². The molecule has 2 aromatic carbocycles. The molecule has 0 saturated heterocycles. The van der Waals surface area contributed by atoms with Gasteiger partial charge in [0.1, 0.15) is 5.75 Å². The van der Waals surface area contributed by atoms with Crippen LogP contribution < -0.4 is 10.1 Å². The minimum absolute atomic E-state index is 0.112. The molecule has 0 fully saturated rings. The molecule has 26 heavy (non-hydrogen) atoms. The zero-order valence-electron chi connectivity index (χ0n) is 14.8. The highest BCUT2D eigenvalue weighted by molar-refractivity contribution is 5.80. The maximum atomic E-state index is 12.4. The summed E-state index contributed by atoms with van der Waals surface area (Å²) in [6, 6.07) is 13.6. The average Bonchev–Trinajstić information content (AvgIpc) is 2.66. The first kappa shape index (κ1) is 19.2. The van der Waals surface area contributed by atoms with Crippen LogP contribution in [-0.4, -0.2) is 36.7 Å². The molecule has 2 rings (SSSR count). The number of nitrogens with zero attached hydrogens (tertiary/aromatic N) is 1. The highest BCUT2D eigenvalue weighted by Crippen LogP contribution is 2.19. The van der Waals surface area contributed by atoms with Crippen LogP contribution in [0.3, 0.4) is 0 Å². The fourth-order valence-electron chi connectivity index (χ4n) is 2.58. The van der Waals surface area contributed by atoms with Gasteiger partial charge in [0.15, 0.2) is 6.04 Å². The molecule has 0 aromatic heterocycles. The van der Waals surface area contributed by atoms with Crippen LogP contribution in [0.2, 0.25) is 0 Å². The van der Waals surface area contributed by atoms with Crippen molar-refractivity contribution >= 4 is 11.7 Å². The Hall–Kier alpha value is -3.09. The third-order valence-corrected chi connectivity index (χ3v) is 3.90. The zero-order chi connectivity index (χ0) is 18.9. The van der Waals surface area contributed by atoms with Crippen LogP contribution in [0.25, 0.3) is 0 Å². The summed E-state index contributed by atoms with van der Waals surface area (Å²) in [5.41, 5.74) is 1.35. The molecule has 0 heterocycles. The summed E-state index contributed by atoms with van der Waals surface area (Å²) in [6.07, 6.45) is 0.112. The molecule has 0 unspecified atom stereocenters. The molecule has 1 N–H and O–H groups in total. The molecule has 0 amide bonds. The maximum absolute atomic E-state index is 12.4. The lowest BCUT2D eigenvalue weighted by molar-refractivity contribution is -0.522. The fourth-order valence-corrected chi connectivity index (χ4v) is 2.58. The van der Waals surface area contributed by atoms with Crippen LogP contribution in [-0.2, 0) is 16.0 Å². The van der Waals surface area contributed by atoms with Gasteiger partial charge in [-0.1, -0.05) is 30.3 Å². The van der Waals surface area contributed by atoms with Crippen molar-refractivity contribution in [3.8, 4) is 5.75 Å². The molecule has 7 heteroatoms. The third-order valence-electron chi connectivity index (χ3n) is 3.90. The van der Waals surface area contributed by atoms with Crippen LogP contribution in [0.1, 0.15) is 12.5 Å². The number of esters is 1. The van der Waals surface area contributed by atoms with Crippen molar-refractivity contribution in [1.29, 1.82) is 0 Å². The standard InChI is InChI=1S/C19H22N2O5/c1-3-26-19(22)18(20-15-9-11-16(25-2)12-10-15)17(21(23)24)13-14-7-5-4-6-8-14/h4-12,17-18,20H,3,13H2,1-2H3/t17-,18+/m0/s1. The number of methoxy groups -OCH3 is 1. The number of benzene rings is 2. The molecule has 0 radical (unpaired) electrons. The van der Waals surface area contributed by atoms with E-state index in [0.717, 1.165) is 5.56 Å². The van der Waals surface area contributed by atoms with E-state index in [0.29, 0.717) is 11.4 Å². The van der Waals surface area contributed by atoms with Gasteiger partial charge in [0, 0.05) is 17.0 Å². The summed E-state index contributed by atoms with van der Waals surface area (Å²) in [5.74, 6) is -0.000652.